The van der Waals surface area contributed by atoms with E-state index in [9.17, 15) is 13.2 Å². The van der Waals surface area contributed by atoms with Crippen molar-refractivity contribution in [3.63, 3.8) is 0 Å². The van der Waals surface area contributed by atoms with Gasteiger partial charge in [-0.05, 0) is 60.3 Å². The molecule has 1 unspecified atom stereocenters. The zero-order valence-corrected chi connectivity index (χ0v) is 18.6. The number of rotatable bonds is 9. The van der Waals surface area contributed by atoms with Crippen molar-refractivity contribution >= 4 is 21.8 Å². The van der Waals surface area contributed by atoms with Gasteiger partial charge in [-0.15, -0.1) is 0 Å². The molecule has 7 heteroatoms. The van der Waals surface area contributed by atoms with Crippen LogP contribution in [0.5, 0.6) is 0 Å². The largest absolute Gasteiger partial charge is 0.396 e. The Labute approximate surface area is 183 Å². The van der Waals surface area contributed by atoms with E-state index in [1.54, 1.807) is 0 Å². The lowest BCUT2D eigenvalue weighted by molar-refractivity contribution is -0.131. The summed E-state index contributed by atoms with van der Waals surface area (Å²) in [5, 5.41) is 18.0. The summed E-state index contributed by atoms with van der Waals surface area (Å²) in [5.41, 5.74) is 5.61. The Kier molecular flexibility index (Phi) is 6.99. The molecule has 3 rings (SSSR count). The first-order valence-electron chi connectivity index (χ1n) is 10.3. The maximum absolute atomic E-state index is 12.1. The number of allylic oxidation sites excluding steroid dienone is 1. The number of hydrogen-bond donors (Lipinski definition) is 3. The third kappa shape index (κ3) is 5.42. The van der Waals surface area contributed by atoms with E-state index in [-0.39, 0.29) is 13.0 Å². The quantitative estimate of drug-likeness (QED) is 0.408. The van der Waals surface area contributed by atoms with Gasteiger partial charge < -0.3 is 5.11 Å². The Bertz CT molecular complexity index is 1040. The van der Waals surface area contributed by atoms with E-state index < -0.39 is 20.5 Å². The zero-order valence-electron chi connectivity index (χ0n) is 17.8. The molecule has 0 saturated heterocycles. The van der Waals surface area contributed by atoms with Gasteiger partial charge in [0.1, 0.15) is 4.75 Å². The predicted molar refractivity (Wildman–Crippen MR) is 121 cm³/mol. The lowest BCUT2D eigenvalue weighted by Gasteiger charge is -2.25. The summed E-state index contributed by atoms with van der Waals surface area (Å²) in [7, 11) is -3.70. The molecule has 0 radical (unpaired) electrons. The first-order valence-corrected chi connectivity index (χ1v) is 12.2. The predicted octanol–water partition coefficient (Wildman–Crippen LogP) is 3.24. The Hall–Kier alpha value is -2.48. The maximum Gasteiger partial charge on any atom is 0.264 e. The van der Waals surface area contributed by atoms with Crippen molar-refractivity contribution in [3.05, 3.63) is 65.7 Å². The van der Waals surface area contributed by atoms with E-state index in [1.807, 2.05) is 24.3 Å². The summed E-state index contributed by atoms with van der Waals surface area (Å²) in [6.45, 7) is 1.58. The Morgan fingerprint density at radius 2 is 1.71 bits per heavy atom. The van der Waals surface area contributed by atoms with E-state index in [0.29, 0.717) is 18.3 Å². The topological polar surface area (TPSA) is 104 Å². The molecule has 1 aliphatic carbocycles. The zero-order chi connectivity index (χ0) is 22.6. The van der Waals surface area contributed by atoms with E-state index in [0.717, 1.165) is 34.9 Å². The van der Waals surface area contributed by atoms with Crippen LogP contribution in [0.1, 0.15) is 30.9 Å². The minimum Gasteiger partial charge on any atom is -0.396 e. The minimum absolute atomic E-state index is 0.0662. The molecule has 0 aliphatic heterocycles. The highest BCUT2D eigenvalue weighted by atomic mass is 32.2. The molecule has 3 N–H and O–H groups in total. The van der Waals surface area contributed by atoms with Gasteiger partial charge in [0.2, 0.25) is 0 Å². The molecule has 2 aromatic carbocycles. The number of benzene rings is 2. The fourth-order valence-corrected chi connectivity index (χ4v) is 4.43. The smallest absolute Gasteiger partial charge is 0.264 e. The monoisotopic (exact) mass is 443 g/mol. The highest BCUT2D eigenvalue weighted by Gasteiger charge is 2.43. The minimum atomic E-state index is -3.70. The van der Waals surface area contributed by atoms with Gasteiger partial charge in [-0.2, -0.15) is 0 Å². The third-order valence-electron chi connectivity index (χ3n) is 6.24. The lowest BCUT2D eigenvalue weighted by atomic mass is 9.97. The molecule has 6 nitrogen and oxygen atoms in total. The summed E-state index contributed by atoms with van der Waals surface area (Å²) in [6, 6.07) is 16.0. The summed E-state index contributed by atoms with van der Waals surface area (Å²) < 4.78 is 22.5. The number of hydroxylamine groups is 1. The molecule has 1 fully saturated rings. The molecule has 1 saturated carbocycles. The van der Waals surface area contributed by atoms with Crippen LogP contribution in [0.2, 0.25) is 0 Å². The van der Waals surface area contributed by atoms with Crippen molar-refractivity contribution < 1.29 is 23.5 Å². The number of carbonyl (C=O) groups is 1. The van der Waals surface area contributed by atoms with Gasteiger partial charge in [0.15, 0.2) is 9.84 Å². The van der Waals surface area contributed by atoms with Crippen LogP contribution < -0.4 is 5.48 Å². The van der Waals surface area contributed by atoms with Crippen LogP contribution in [0.25, 0.3) is 17.2 Å². The fraction of sp³-hybridized carbons (Fsp3) is 0.375. The van der Waals surface area contributed by atoms with Crippen LogP contribution >= 0.6 is 0 Å². The van der Waals surface area contributed by atoms with Gasteiger partial charge >= 0.3 is 0 Å². The molecular weight excluding hydrogens is 414 g/mol. The average Bonchev–Trinajstić information content (AvgIpc) is 3.54. The Morgan fingerprint density at radius 3 is 2.19 bits per heavy atom. The number of hydrogen-bond acceptors (Lipinski definition) is 5. The van der Waals surface area contributed by atoms with E-state index in [2.05, 4.69) is 36.4 Å². The van der Waals surface area contributed by atoms with Crippen molar-refractivity contribution in [1.82, 2.24) is 5.48 Å². The second-order valence-electron chi connectivity index (χ2n) is 8.46. The summed E-state index contributed by atoms with van der Waals surface area (Å²) in [6.07, 6.45) is 6.76. The van der Waals surface area contributed by atoms with Gasteiger partial charge in [0.25, 0.3) is 5.91 Å². The molecular formula is C24H29NO5S. The maximum atomic E-state index is 12.1. The second-order valence-corrected chi connectivity index (χ2v) is 10.9. The third-order valence-corrected chi connectivity index (χ3v) is 8.26. The highest BCUT2D eigenvalue weighted by Crippen LogP contribution is 2.39. The fourth-order valence-electron chi connectivity index (χ4n) is 3.57. The first-order chi connectivity index (χ1) is 14.7. The number of aliphatic hydroxyl groups is 1. The number of aryl methyl sites for hydroxylation is 1. The average molecular weight is 444 g/mol. The van der Waals surface area contributed by atoms with Crippen molar-refractivity contribution in [1.29, 1.82) is 0 Å². The normalized spacial score (nSPS) is 20.4. The van der Waals surface area contributed by atoms with Crippen LogP contribution in [-0.4, -0.2) is 42.2 Å². The van der Waals surface area contributed by atoms with Crippen LogP contribution in [0.3, 0.4) is 0 Å². The van der Waals surface area contributed by atoms with Crippen molar-refractivity contribution in [2.24, 2.45) is 11.8 Å². The molecule has 2 aromatic rings. The van der Waals surface area contributed by atoms with Crippen molar-refractivity contribution in [2.45, 2.75) is 30.9 Å². The molecule has 0 bridgehead atoms. The van der Waals surface area contributed by atoms with Gasteiger partial charge in [-0.3, -0.25) is 10.0 Å². The summed E-state index contributed by atoms with van der Waals surface area (Å²) >= 11 is 0. The first kappa shape index (κ1) is 23.2. The van der Waals surface area contributed by atoms with E-state index >= 15 is 0 Å². The number of nitrogens with one attached hydrogen (secondary N) is 1. The SMILES string of the molecule is CC(CCc1ccc(-c2ccc(/C=C/[C@H]3C[C@H]3CO)cc2)cc1)(C(=O)NO)S(C)(=O)=O. The van der Waals surface area contributed by atoms with Crippen LogP contribution in [0.15, 0.2) is 54.6 Å². The number of sulfone groups is 1. The molecule has 31 heavy (non-hydrogen) atoms. The van der Waals surface area contributed by atoms with E-state index in [1.165, 1.54) is 12.4 Å². The molecule has 0 aromatic heterocycles. The van der Waals surface area contributed by atoms with Crippen molar-refractivity contribution in [2.75, 3.05) is 12.9 Å². The molecule has 166 valence electrons. The van der Waals surface area contributed by atoms with Gasteiger partial charge in [0, 0.05) is 12.9 Å². The molecule has 0 heterocycles. The van der Waals surface area contributed by atoms with E-state index in [4.69, 9.17) is 10.3 Å². The number of carbonyl (C=O) groups excluding carboxylic acids is 1. The standard InChI is InChI=1S/C24H29NO5S/c1-24(23(27)25-28,31(2,29)30)14-13-18-5-10-20(11-6-18)19-8-3-17(4-9-19)7-12-21-15-22(21)16-26/h3-12,21-22,26,28H,13-16H2,1-2H3,(H,25,27)/b12-7+/t21-,22-,24?/m0/s1. The summed E-state index contributed by atoms with van der Waals surface area (Å²) in [5.74, 6) is -0.0121. The van der Waals surface area contributed by atoms with Crippen molar-refractivity contribution in [3.8, 4) is 11.1 Å². The Morgan fingerprint density at radius 1 is 1.13 bits per heavy atom. The molecule has 1 aliphatic rings. The Balaban J connectivity index is 1.64. The highest BCUT2D eigenvalue weighted by molar-refractivity contribution is 7.92. The van der Waals surface area contributed by atoms with Gasteiger partial charge in [-0.25, -0.2) is 13.9 Å². The van der Waals surface area contributed by atoms with Gasteiger partial charge in [0.05, 0.1) is 0 Å². The second kappa shape index (κ2) is 9.34. The molecule has 1 amide bonds. The number of aliphatic hydroxyl groups excluding tert-OH is 1. The van der Waals surface area contributed by atoms with Crippen LogP contribution in [-0.2, 0) is 21.1 Å². The van der Waals surface area contributed by atoms with Gasteiger partial charge in [-0.1, -0.05) is 60.7 Å². The lowest BCUT2D eigenvalue weighted by Crippen LogP contribution is -2.49. The molecule has 0 spiro atoms. The number of amides is 1. The van der Waals surface area contributed by atoms with Crippen LogP contribution in [0, 0.1) is 11.8 Å². The summed E-state index contributed by atoms with van der Waals surface area (Å²) in [4.78, 5) is 11.9. The molecule has 3 atom stereocenters. The van der Waals surface area contributed by atoms with Crippen LogP contribution in [0.4, 0.5) is 0 Å².